The molecule has 1 saturated carbocycles. The molecule has 4 heteroatoms. The highest BCUT2D eigenvalue weighted by Gasteiger charge is 2.46. The van der Waals surface area contributed by atoms with E-state index in [1.165, 1.54) is 0 Å². The van der Waals surface area contributed by atoms with Gasteiger partial charge in [0.1, 0.15) is 0 Å². The maximum absolute atomic E-state index is 11.0. The van der Waals surface area contributed by atoms with E-state index in [0.29, 0.717) is 12.8 Å². The summed E-state index contributed by atoms with van der Waals surface area (Å²) in [5.41, 5.74) is -0.277. The molecule has 1 aliphatic carbocycles. The molecular formula is C11H18O4. The van der Waals surface area contributed by atoms with E-state index >= 15 is 0 Å². The van der Waals surface area contributed by atoms with Gasteiger partial charge in [0.05, 0.1) is 5.92 Å². The third kappa shape index (κ3) is 2.49. The number of hydrogen-bond acceptors (Lipinski definition) is 2. The fraction of sp³-hybridized carbons (Fsp3) is 0.818. The molecule has 0 aromatic carbocycles. The van der Waals surface area contributed by atoms with Gasteiger partial charge < -0.3 is 10.2 Å². The van der Waals surface area contributed by atoms with Gasteiger partial charge in [-0.3, -0.25) is 9.59 Å². The van der Waals surface area contributed by atoms with Crippen molar-refractivity contribution in [2.75, 3.05) is 0 Å². The first-order chi connectivity index (χ1) is 6.85. The first kappa shape index (κ1) is 12.0. The van der Waals surface area contributed by atoms with Crippen LogP contribution in [0.1, 0.15) is 39.5 Å². The molecule has 86 valence electrons. The quantitative estimate of drug-likeness (QED) is 0.750. The topological polar surface area (TPSA) is 74.6 Å². The van der Waals surface area contributed by atoms with Crippen molar-refractivity contribution in [3.8, 4) is 0 Å². The van der Waals surface area contributed by atoms with Crippen molar-refractivity contribution in [1.82, 2.24) is 0 Å². The Morgan fingerprint density at radius 2 is 1.87 bits per heavy atom. The van der Waals surface area contributed by atoms with Crippen LogP contribution in [-0.4, -0.2) is 22.2 Å². The van der Waals surface area contributed by atoms with Crippen molar-refractivity contribution in [3.63, 3.8) is 0 Å². The number of hydrogen-bond donors (Lipinski definition) is 2. The van der Waals surface area contributed by atoms with Gasteiger partial charge >= 0.3 is 11.9 Å². The van der Waals surface area contributed by atoms with Gasteiger partial charge in [-0.1, -0.05) is 13.8 Å². The Labute approximate surface area is 89.3 Å². The van der Waals surface area contributed by atoms with E-state index in [4.69, 9.17) is 10.2 Å². The lowest BCUT2D eigenvalue weighted by atomic mass is 9.74. The molecule has 0 aliphatic heterocycles. The van der Waals surface area contributed by atoms with Crippen molar-refractivity contribution in [3.05, 3.63) is 0 Å². The molecule has 0 spiro atoms. The second-order valence-corrected chi connectivity index (χ2v) is 4.92. The molecule has 0 radical (unpaired) electrons. The van der Waals surface area contributed by atoms with Gasteiger partial charge in [-0.15, -0.1) is 0 Å². The number of carbonyl (C=O) groups is 2. The molecule has 0 aromatic rings. The number of carboxylic acid groups (broad SMARTS) is 2. The maximum atomic E-state index is 11.0. The zero-order valence-corrected chi connectivity index (χ0v) is 9.19. The third-order valence-electron chi connectivity index (χ3n) is 3.76. The Morgan fingerprint density at radius 1 is 1.27 bits per heavy atom. The van der Waals surface area contributed by atoms with Crippen molar-refractivity contribution >= 4 is 11.9 Å². The summed E-state index contributed by atoms with van der Waals surface area (Å²) in [5.74, 6) is -1.66. The zero-order chi connectivity index (χ0) is 11.6. The summed E-state index contributed by atoms with van der Waals surface area (Å²) < 4.78 is 0. The molecule has 0 bridgehead atoms. The first-order valence-corrected chi connectivity index (χ1v) is 5.30. The molecule has 1 rings (SSSR count). The first-order valence-electron chi connectivity index (χ1n) is 5.30. The SMILES string of the molecule is CC1(C)C(CCC(=O)O)CCC1C(=O)O. The highest BCUT2D eigenvalue weighted by molar-refractivity contribution is 5.71. The Kier molecular flexibility index (Phi) is 3.37. The molecule has 1 fully saturated rings. The summed E-state index contributed by atoms with van der Waals surface area (Å²) in [5, 5.41) is 17.6. The molecule has 15 heavy (non-hydrogen) atoms. The largest absolute Gasteiger partial charge is 0.481 e. The molecule has 0 heterocycles. The van der Waals surface area contributed by atoms with Gasteiger partial charge in [0.25, 0.3) is 0 Å². The highest BCUT2D eigenvalue weighted by Crippen LogP contribution is 2.49. The van der Waals surface area contributed by atoms with Crippen LogP contribution in [0.15, 0.2) is 0 Å². The minimum Gasteiger partial charge on any atom is -0.481 e. The van der Waals surface area contributed by atoms with Gasteiger partial charge in [-0.2, -0.15) is 0 Å². The fourth-order valence-electron chi connectivity index (χ4n) is 2.65. The molecule has 4 nitrogen and oxygen atoms in total. The molecule has 2 unspecified atom stereocenters. The minimum atomic E-state index is -0.801. The van der Waals surface area contributed by atoms with E-state index in [2.05, 4.69) is 0 Å². The van der Waals surface area contributed by atoms with Crippen molar-refractivity contribution in [2.45, 2.75) is 39.5 Å². The lowest BCUT2D eigenvalue weighted by Gasteiger charge is -2.30. The smallest absolute Gasteiger partial charge is 0.307 e. The molecule has 0 saturated heterocycles. The van der Waals surface area contributed by atoms with Crippen LogP contribution in [0.5, 0.6) is 0 Å². The van der Waals surface area contributed by atoms with Gasteiger partial charge in [0, 0.05) is 6.42 Å². The van der Waals surface area contributed by atoms with Crippen molar-refractivity contribution in [2.24, 2.45) is 17.3 Å². The van der Waals surface area contributed by atoms with Gasteiger partial charge in [0.15, 0.2) is 0 Å². The summed E-state index contributed by atoms with van der Waals surface area (Å²) in [6.45, 7) is 3.87. The van der Waals surface area contributed by atoms with Crippen LogP contribution in [-0.2, 0) is 9.59 Å². The van der Waals surface area contributed by atoms with Crippen LogP contribution < -0.4 is 0 Å². The molecule has 2 N–H and O–H groups in total. The van der Waals surface area contributed by atoms with E-state index in [9.17, 15) is 9.59 Å². The average molecular weight is 214 g/mol. The van der Waals surface area contributed by atoms with Crippen LogP contribution >= 0.6 is 0 Å². The van der Waals surface area contributed by atoms with E-state index in [1.54, 1.807) is 0 Å². The van der Waals surface area contributed by atoms with Crippen LogP contribution in [0.3, 0.4) is 0 Å². The molecule has 0 aromatic heterocycles. The summed E-state index contributed by atoms with van der Waals surface area (Å²) in [6, 6.07) is 0. The summed E-state index contributed by atoms with van der Waals surface area (Å²) in [6.07, 6.45) is 2.23. The van der Waals surface area contributed by atoms with Crippen LogP contribution in [0.4, 0.5) is 0 Å². The predicted octanol–water partition coefficient (Wildman–Crippen LogP) is 1.99. The third-order valence-corrected chi connectivity index (χ3v) is 3.76. The molecular weight excluding hydrogens is 196 g/mol. The summed E-state index contributed by atoms with van der Waals surface area (Å²) >= 11 is 0. The lowest BCUT2D eigenvalue weighted by Crippen LogP contribution is -2.30. The Hall–Kier alpha value is -1.06. The van der Waals surface area contributed by atoms with E-state index in [1.807, 2.05) is 13.8 Å². The Bertz CT molecular complexity index is 270. The van der Waals surface area contributed by atoms with Crippen LogP contribution in [0.25, 0.3) is 0 Å². The maximum Gasteiger partial charge on any atom is 0.307 e. The van der Waals surface area contributed by atoms with Crippen molar-refractivity contribution in [1.29, 1.82) is 0 Å². The van der Waals surface area contributed by atoms with Gasteiger partial charge in [0.2, 0.25) is 0 Å². The summed E-state index contributed by atoms with van der Waals surface area (Å²) in [7, 11) is 0. The normalized spacial score (nSPS) is 28.9. The minimum absolute atomic E-state index is 0.139. The number of carboxylic acids is 2. The van der Waals surface area contributed by atoms with Crippen LogP contribution in [0.2, 0.25) is 0 Å². The number of aliphatic carboxylic acids is 2. The van der Waals surface area contributed by atoms with Gasteiger partial charge in [-0.05, 0) is 30.6 Å². The average Bonchev–Trinajstić information content (AvgIpc) is 2.37. The summed E-state index contributed by atoms with van der Waals surface area (Å²) in [4.78, 5) is 21.5. The Morgan fingerprint density at radius 3 is 2.27 bits per heavy atom. The van der Waals surface area contributed by atoms with Crippen molar-refractivity contribution < 1.29 is 19.8 Å². The van der Waals surface area contributed by atoms with Gasteiger partial charge in [-0.25, -0.2) is 0 Å². The van der Waals surface area contributed by atoms with E-state index < -0.39 is 11.9 Å². The van der Waals surface area contributed by atoms with E-state index in [-0.39, 0.29) is 23.7 Å². The number of rotatable bonds is 4. The second kappa shape index (κ2) is 4.21. The molecule has 2 atom stereocenters. The lowest BCUT2D eigenvalue weighted by molar-refractivity contribution is -0.145. The Balaban J connectivity index is 2.62. The fourth-order valence-corrected chi connectivity index (χ4v) is 2.65. The van der Waals surface area contributed by atoms with E-state index in [0.717, 1.165) is 6.42 Å². The zero-order valence-electron chi connectivity index (χ0n) is 9.19. The predicted molar refractivity (Wildman–Crippen MR) is 54.5 cm³/mol. The molecule has 0 amide bonds. The highest BCUT2D eigenvalue weighted by atomic mass is 16.4. The second-order valence-electron chi connectivity index (χ2n) is 4.92. The standard InChI is InChI=1S/C11H18O4/c1-11(2)7(4-6-9(12)13)3-5-8(11)10(14)15/h7-8H,3-6H2,1-2H3,(H,12,13)(H,14,15). The molecule has 1 aliphatic rings. The monoisotopic (exact) mass is 214 g/mol. The van der Waals surface area contributed by atoms with Crippen LogP contribution in [0, 0.1) is 17.3 Å².